The number of furan rings is 1. The third-order valence-electron chi connectivity index (χ3n) is 4.45. The molecule has 1 aromatic rings. The summed E-state index contributed by atoms with van der Waals surface area (Å²) >= 11 is 0. The highest BCUT2D eigenvalue weighted by Crippen LogP contribution is 2.23. The quantitative estimate of drug-likeness (QED) is 0.611. The van der Waals surface area contributed by atoms with E-state index in [1.54, 1.807) is 0 Å². The van der Waals surface area contributed by atoms with E-state index in [0.717, 1.165) is 56.9 Å². The fourth-order valence-corrected chi connectivity index (χ4v) is 3.01. The molecule has 1 N–H and O–H groups in total. The molecule has 136 valence electrons. The lowest BCUT2D eigenvalue weighted by molar-refractivity contribution is 0.0123. The van der Waals surface area contributed by atoms with Crippen molar-refractivity contribution in [1.29, 1.82) is 0 Å². The number of ether oxygens (including phenoxy) is 1. The number of aliphatic imine (C=N–C) groups is 1. The number of guanidine groups is 1. The maximum atomic E-state index is 5.91. The summed E-state index contributed by atoms with van der Waals surface area (Å²) in [6.07, 6.45) is 2.35. The Morgan fingerprint density at radius 3 is 2.71 bits per heavy atom. The zero-order chi connectivity index (χ0) is 17.4. The monoisotopic (exact) mass is 336 g/mol. The lowest BCUT2D eigenvalue weighted by atomic mass is 10.1. The Kier molecular flexibility index (Phi) is 7.59. The summed E-state index contributed by atoms with van der Waals surface area (Å²) in [4.78, 5) is 9.03. The van der Waals surface area contributed by atoms with Crippen molar-refractivity contribution in [2.24, 2.45) is 4.99 Å². The van der Waals surface area contributed by atoms with E-state index in [2.05, 4.69) is 40.1 Å². The van der Waals surface area contributed by atoms with Crippen LogP contribution in [0.1, 0.15) is 37.3 Å². The summed E-state index contributed by atoms with van der Waals surface area (Å²) in [5, 5.41) is 3.52. The van der Waals surface area contributed by atoms with Gasteiger partial charge in [-0.05, 0) is 25.5 Å². The molecule has 1 aliphatic heterocycles. The number of unbranched alkanes of at least 4 members (excludes halogenated alkanes) is 1. The second-order valence-electron chi connectivity index (χ2n) is 6.32. The van der Waals surface area contributed by atoms with E-state index in [4.69, 9.17) is 9.15 Å². The molecule has 1 aromatic heterocycles. The molecule has 6 heteroatoms. The normalized spacial score (nSPS) is 17.8. The minimum atomic E-state index is 0.193. The topological polar surface area (TPSA) is 53.2 Å². The van der Waals surface area contributed by atoms with Gasteiger partial charge < -0.3 is 19.4 Å². The molecule has 0 amide bonds. The molecule has 0 saturated carbocycles. The molecule has 0 aliphatic carbocycles. The van der Waals surface area contributed by atoms with Gasteiger partial charge in [0, 0.05) is 40.3 Å². The molecule has 1 fully saturated rings. The van der Waals surface area contributed by atoms with Crippen LogP contribution in [0, 0.1) is 6.92 Å². The van der Waals surface area contributed by atoms with Gasteiger partial charge in [0.1, 0.15) is 11.5 Å². The van der Waals surface area contributed by atoms with E-state index < -0.39 is 0 Å². The highest BCUT2D eigenvalue weighted by Gasteiger charge is 2.25. The predicted molar refractivity (Wildman–Crippen MR) is 97.5 cm³/mol. The van der Waals surface area contributed by atoms with Gasteiger partial charge in [0.15, 0.2) is 5.96 Å². The summed E-state index contributed by atoms with van der Waals surface area (Å²) in [7, 11) is 3.93. The largest absolute Gasteiger partial charge is 0.465 e. The van der Waals surface area contributed by atoms with Crippen LogP contribution < -0.4 is 5.32 Å². The van der Waals surface area contributed by atoms with Gasteiger partial charge in [0.05, 0.1) is 19.3 Å². The molecular formula is C18H32N4O2. The fourth-order valence-electron chi connectivity index (χ4n) is 3.01. The van der Waals surface area contributed by atoms with Crippen LogP contribution in [0.25, 0.3) is 0 Å². The van der Waals surface area contributed by atoms with E-state index in [-0.39, 0.29) is 6.04 Å². The molecule has 24 heavy (non-hydrogen) atoms. The van der Waals surface area contributed by atoms with Crippen molar-refractivity contribution in [3.63, 3.8) is 0 Å². The molecule has 6 nitrogen and oxygen atoms in total. The van der Waals surface area contributed by atoms with Crippen LogP contribution in [-0.2, 0) is 4.74 Å². The lowest BCUT2D eigenvalue weighted by Crippen LogP contribution is -2.46. The van der Waals surface area contributed by atoms with Crippen LogP contribution in [0.3, 0.4) is 0 Å². The zero-order valence-electron chi connectivity index (χ0n) is 15.5. The summed E-state index contributed by atoms with van der Waals surface area (Å²) in [5.74, 6) is 2.89. The van der Waals surface area contributed by atoms with Gasteiger partial charge in [-0.1, -0.05) is 13.3 Å². The van der Waals surface area contributed by atoms with Gasteiger partial charge >= 0.3 is 0 Å². The van der Waals surface area contributed by atoms with Gasteiger partial charge in [-0.2, -0.15) is 0 Å². The van der Waals surface area contributed by atoms with Crippen LogP contribution in [0.2, 0.25) is 0 Å². The average Bonchev–Trinajstić information content (AvgIpc) is 3.03. The van der Waals surface area contributed by atoms with Crippen LogP contribution in [-0.4, -0.2) is 69.2 Å². The lowest BCUT2D eigenvalue weighted by Gasteiger charge is -2.34. The van der Waals surface area contributed by atoms with Crippen molar-refractivity contribution in [3.8, 4) is 0 Å². The van der Waals surface area contributed by atoms with Gasteiger partial charge in [0.2, 0.25) is 0 Å². The average molecular weight is 336 g/mol. The first-order chi connectivity index (χ1) is 11.7. The maximum absolute atomic E-state index is 5.91. The Bertz CT molecular complexity index is 509. The van der Waals surface area contributed by atoms with E-state index in [0.29, 0.717) is 0 Å². The second kappa shape index (κ2) is 9.69. The first-order valence-electron chi connectivity index (χ1n) is 8.95. The standard InChI is InChI=1S/C18H32N4O2/c1-5-6-9-21(4)18(19-3)20-14-16(17-8-7-15(2)24-17)22-10-12-23-13-11-22/h7-8,16H,5-6,9-14H2,1-4H3,(H,19,20). The molecule has 2 rings (SSSR count). The Hall–Kier alpha value is -1.53. The Morgan fingerprint density at radius 1 is 1.38 bits per heavy atom. The summed E-state index contributed by atoms with van der Waals surface area (Å²) < 4.78 is 11.4. The van der Waals surface area contributed by atoms with E-state index in [9.17, 15) is 0 Å². The highest BCUT2D eigenvalue weighted by atomic mass is 16.5. The third-order valence-corrected chi connectivity index (χ3v) is 4.45. The minimum absolute atomic E-state index is 0.193. The molecule has 1 unspecified atom stereocenters. The molecule has 0 bridgehead atoms. The van der Waals surface area contributed by atoms with Crippen LogP contribution in [0.4, 0.5) is 0 Å². The van der Waals surface area contributed by atoms with Crippen molar-refractivity contribution in [1.82, 2.24) is 15.1 Å². The molecule has 1 aliphatic rings. The van der Waals surface area contributed by atoms with Crippen LogP contribution in [0.5, 0.6) is 0 Å². The number of nitrogens with zero attached hydrogens (tertiary/aromatic N) is 3. The first-order valence-corrected chi connectivity index (χ1v) is 8.95. The van der Waals surface area contributed by atoms with Crippen molar-refractivity contribution in [2.45, 2.75) is 32.7 Å². The number of hydrogen-bond acceptors (Lipinski definition) is 4. The molecule has 2 heterocycles. The summed E-state index contributed by atoms with van der Waals surface area (Å²) in [6.45, 7) is 9.40. The summed E-state index contributed by atoms with van der Waals surface area (Å²) in [6, 6.07) is 4.31. The Balaban J connectivity index is 2.02. The molecule has 0 aromatic carbocycles. The number of aryl methyl sites for hydroxylation is 1. The first kappa shape index (κ1) is 18.8. The second-order valence-corrected chi connectivity index (χ2v) is 6.32. The minimum Gasteiger partial charge on any atom is -0.465 e. The van der Waals surface area contributed by atoms with Gasteiger partial charge in [-0.25, -0.2) is 0 Å². The van der Waals surface area contributed by atoms with Crippen LogP contribution >= 0.6 is 0 Å². The molecule has 0 radical (unpaired) electrons. The van der Waals surface area contributed by atoms with Crippen molar-refractivity contribution < 1.29 is 9.15 Å². The van der Waals surface area contributed by atoms with E-state index in [1.807, 2.05) is 20.0 Å². The van der Waals surface area contributed by atoms with E-state index in [1.165, 1.54) is 12.8 Å². The van der Waals surface area contributed by atoms with E-state index >= 15 is 0 Å². The Labute approximate surface area is 145 Å². The van der Waals surface area contributed by atoms with Gasteiger partial charge in [-0.3, -0.25) is 9.89 Å². The molecule has 1 atom stereocenters. The molecular weight excluding hydrogens is 304 g/mol. The van der Waals surface area contributed by atoms with Gasteiger partial charge in [-0.15, -0.1) is 0 Å². The van der Waals surface area contributed by atoms with Crippen molar-refractivity contribution in [2.75, 3.05) is 53.5 Å². The number of nitrogens with one attached hydrogen (secondary N) is 1. The fraction of sp³-hybridized carbons (Fsp3) is 0.722. The number of morpholine rings is 1. The molecule has 0 spiro atoms. The smallest absolute Gasteiger partial charge is 0.193 e. The SMILES string of the molecule is CCCCN(C)C(=NC)NCC(c1ccc(C)o1)N1CCOCC1. The zero-order valence-corrected chi connectivity index (χ0v) is 15.5. The number of rotatable bonds is 7. The number of hydrogen-bond donors (Lipinski definition) is 1. The van der Waals surface area contributed by atoms with Crippen LogP contribution in [0.15, 0.2) is 21.5 Å². The molecule has 1 saturated heterocycles. The maximum Gasteiger partial charge on any atom is 0.193 e. The predicted octanol–water partition coefficient (Wildman–Crippen LogP) is 2.27. The third kappa shape index (κ3) is 5.24. The van der Waals surface area contributed by atoms with Crippen molar-refractivity contribution >= 4 is 5.96 Å². The van der Waals surface area contributed by atoms with Gasteiger partial charge in [0.25, 0.3) is 0 Å². The van der Waals surface area contributed by atoms with Crippen molar-refractivity contribution in [3.05, 3.63) is 23.7 Å². The highest BCUT2D eigenvalue weighted by molar-refractivity contribution is 5.79. The Morgan fingerprint density at radius 2 is 2.12 bits per heavy atom. The summed E-state index contributed by atoms with van der Waals surface area (Å²) in [5.41, 5.74) is 0.